The summed E-state index contributed by atoms with van der Waals surface area (Å²) in [6.45, 7) is 4.16. The summed E-state index contributed by atoms with van der Waals surface area (Å²) in [5, 5.41) is 1.94. The molecular formula is C16H12ClN. The summed E-state index contributed by atoms with van der Waals surface area (Å²) in [6, 6.07) is 18.1. The van der Waals surface area contributed by atoms with Gasteiger partial charge in [-0.1, -0.05) is 48.5 Å². The van der Waals surface area contributed by atoms with E-state index < -0.39 is 0 Å². The van der Waals surface area contributed by atoms with Crippen LogP contribution in [0.3, 0.4) is 0 Å². The topological polar surface area (TPSA) is 4.93 Å². The molecule has 0 aliphatic rings. The summed E-state index contributed by atoms with van der Waals surface area (Å²) < 4.78 is 2.08. The minimum Gasteiger partial charge on any atom is -0.317 e. The van der Waals surface area contributed by atoms with Crippen molar-refractivity contribution in [3.05, 3.63) is 78.0 Å². The molecule has 0 spiro atoms. The van der Waals surface area contributed by atoms with E-state index in [1.54, 1.807) is 0 Å². The predicted octanol–water partition coefficient (Wildman–Crippen LogP) is 4.81. The molecule has 0 saturated carbocycles. The summed E-state index contributed by atoms with van der Waals surface area (Å²) in [4.78, 5) is 0. The highest BCUT2D eigenvalue weighted by atomic mass is 35.5. The van der Waals surface area contributed by atoms with Crippen LogP contribution in [-0.4, -0.2) is 4.57 Å². The van der Waals surface area contributed by atoms with Crippen molar-refractivity contribution in [2.45, 2.75) is 0 Å². The Morgan fingerprint density at radius 1 is 1.00 bits per heavy atom. The van der Waals surface area contributed by atoms with Crippen molar-refractivity contribution >= 4 is 28.2 Å². The Kier molecular flexibility index (Phi) is 2.69. The molecule has 0 N–H and O–H groups in total. The van der Waals surface area contributed by atoms with E-state index in [9.17, 15) is 0 Å². The van der Waals surface area contributed by atoms with Crippen LogP contribution in [0.4, 0.5) is 0 Å². The van der Waals surface area contributed by atoms with E-state index in [-0.39, 0.29) is 0 Å². The molecule has 0 radical (unpaired) electrons. The third kappa shape index (κ3) is 1.83. The van der Waals surface area contributed by atoms with Gasteiger partial charge in [-0.05, 0) is 35.2 Å². The number of para-hydroxylation sites is 1. The molecule has 3 rings (SSSR count). The van der Waals surface area contributed by atoms with Crippen molar-refractivity contribution in [3.63, 3.8) is 0 Å². The predicted molar refractivity (Wildman–Crippen MR) is 77.8 cm³/mol. The molecule has 18 heavy (non-hydrogen) atoms. The number of fused-ring (bicyclic) bond motifs is 1. The van der Waals surface area contributed by atoms with Gasteiger partial charge >= 0.3 is 0 Å². The van der Waals surface area contributed by atoms with Crippen molar-refractivity contribution in [1.29, 1.82) is 0 Å². The number of hydrogen-bond acceptors (Lipinski definition) is 0. The molecule has 0 aliphatic carbocycles. The molecular weight excluding hydrogens is 242 g/mol. The number of rotatable bonds is 2. The van der Waals surface area contributed by atoms with Crippen molar-refractivity contribution < 1.29 is 0 Å². The van der Waals surface area contributed by atoms with Gasteiger partial charge in [-0.3, -0.25) is 0 Å². The molecule has 3 aromatic rings. The first kappa shape index (κ1) is 11.1. The Bertz CT molecular complexity index is 725. The van der Waals surface area contributed by atoms with Gasteiger partial charge in [0.15, 0.2) is 0 Å². The van der Waals surface area contributed by atoms with Crippen LogP contribution in [0.15, 0.2) is 67.4 Å². The van der Waals surface area contributed by atoms with Crippen LogP contribution in [0, 0.1) is 0 Å². The summed E-state index contributed by atoms with van der Waals surface area (Å²) in [5.41, 5.74) is 3.12. The lowest BCUT2D eigenvalue weighted by Crippen LogP contribution is -1.95. The SMILES string of the molecule is C=C(c1cccc(Cl)c1)n1ccc2ccccc21. The van der Waals surface area contributed by atoms with Crippen molar-refractivity contribution in [2.75, 3.05) is 0 Å². The van der Waals surface area contributed by atoms with Crippen LogP contribution < -0.4 is 0 Å². The molecule has 0 unspecified atom stereocenters. The van der Waals surface area contributed by atoms with Gasteiger partial charge < -0.3 is 4.57 Å². The van der Waals surface area contributed by atoms with Crippen LogP contribution >= 0.6 is 11.6 Å². The van der Waals surface area contributed by atoms with Gasteiger partial charge in [0.2, 0.25) is 0 Å². The molecule has 0 saturated heterocycles. The fraction of sp³-hybridized carbons (Fsp3) is 0. The molecule has 0 atom stereocenters. The molecule has 88 valence electrons. The second-order valence-electron chi connectivity index (χ2n) is 4.20. The minimum absolute atomic E-state index is 0.727. The summed E-state index contributed by atoms with van der Waals surface area (Å²) >= 11 is 6.02. The van der Waals surface area contributed by atoms with E-state index in [4.69, 9.17) is 11.6 Å². The van der Waals surface area contributed by atoms with Crippen molar-refractivity contribution in [1.82, 2.24) is 4.57 Å². The summed E-state index contributed by atoms with van der Waals surface area (Å²) in [5.74, 6) is 0. The van der Waals surface area contributed by atoms with Crippen LogP contribution in [0.25, 0.3) is 16.6 Å². The Morgan fingerprint density at radius 3 is 2.67 bits per heavy atom. The lowest BCUT2D eigenvalue weighted by atomic mass is 10.1. The number of aromatic nitrogens is 1. The number of halogens is 1. The highest BCUT2D eigenvalue weighted by molar-refractivity contribution is 6.30. The first-order chi connectivity index (χ1) is 8.75. The van der Waals surface area contributed by atoms with E-state index in [1.807, 2.05) is 42.6 Å². The standard InChI is InChI=1S/C16H12ClN/c1-12(14-6-4-7-15(17)11-14)18-10-9-13-5-2-3-8-16(13)18/h2-11H,1H2. The Hall–Kier alpha value is -1.99. The fourth-order valence-corrected chi connectivity index (χ4v) is 2.32. The fourth-order valence-electron chi connectivity index (χ4n) is 2.13. The zero-order valence-electron chi connectivity index (χ0n) is 9.81. The number of nitrogens with zero attached hydrogens (tertiary/aromatic N) is 1. The first-order valence-electron chi connectivity index (χ1n) is 5.77. The number of benzene rings is 2. The second kappa shape index (κ2) is 4.35. The summed E-state index contributed by atoms with van der Waals surface area (Å²) in [6.07, 6.45) is 2.04. The average Bonchev–Trinajstić information content (AvgIpc) is 2.82. The smallest absolute Gasteiger partial charge is 0.0528 e. The molecule has 1 aromatic heterocycles. The van der Waals surface area contributed by atoms with Gasteiger partial charge in [-0.25, -0.2) is 0 Å². The first-order valence-corrected chi connectivity index (χ1v) is 6.15. The molecule has 0 aliphatic heterocycles. The van der Waals surface area contributed by atoms with E-state index in [0.717, 1.165) is 21.8 Å². The van der Waals surface area contributed by atoms with Crippen LogP contribution in [0.2, 0.25) is 5.02 Å². The van der Waals surface area contributed by atoms with Gasteiger partial charge in [0.25, 0.3) is 0 Å². The van der Waals surface area contributed by atoms with Gasteiger partial charge in [-0.15, -0.1) is 0 Å². The van der Waals surface area contributed by atoms with Gasteiger partial charge in [0, 0.05) is 16.9 Å². The molecule has 0 fully saturated rings. The minimum atomic E-state index is 0.727. The lowest BCUT2D eigenvalue weighted by Gasteiger charge is -2.09. The van der Waals surface area contributed by atoms with E-state index >= 15 is 0 Å². The molecule has 1 heterocycles. The normalized spacial score (nSPS) is 10.7. The molecule has 1 nitrogen and oxygen atoms in total. The van der Waals surface area contributed by atoms with Gasteiger partial charge in [-0.2, -0.15) is 0 Å². The maximum Gasteiger partial charge on any atom is 0.0528 e. The second-order valence-corrected chi connectivity index (χ2v) is 4.64. The van der Waals surface area contributed by atoms with Gasteiger partial charge in [0.1, 0.15) is 0 Å². The quantitative estimate of drug-likeness (QED) is 0.617. The van der Waals surface area contributed by atoms with E-state index in [2.05, 4.69) is 29.3 Å². The molecule has 0 bridgehead atoms. The van der Waals surface area contributed by atoms with Gasteiger partial charge in [0.05, 0.1) is 5.52 Å². The molecule has 0 amide bonds. The average molecular weight is 254 g/mol. The molecule has 2 heteroatoms. The van der Waals surface area contributed by atoms with Crippen molar-refractivity contribution in [2.24, 2.45) is 0 Å². The Balaban J connectivity index is 2.12. The zero-order chi connectivity index (χ0) is 12.5. The Morgan fingerprint density at radius 2 is 1.83 bits per heavy atom. The molecule has 2 aromatic carbocycles. The third-order valence-corrected chi connectivity index (χ3v) is 3.28. The zero-order valence-corrected chi connectivity index (χ0v) is 10.6. The van der Waals surface area contributed by atoms with E-state index in [0.29, 0.717) is 0 Å². The Labute approximate surface area is 111 Å². The van der Waals surface area contributed by atoms with Crippen LogP contribution in [0.5, 0.6) is 0 Å². The van der Waals surface area contributed by atoms with Crippen LogP contribution in [0.1, 0.15) is 5.56 Å². The number of hydrogen-bond donors (Lipinski definition) is 0. The largest absolute Gasteiger partial charge is 0.317 e. The monoisotopic (exact) mass is 253 g/mol. The third-order valence-electron chi connectivity index (χ3n) is 3.05. The maximum absolute atomic E-state index is 6.02. The highest BCUT2D eigenvalue weighted by Gasteiger charge is 2.05. The van der Waals surface area contributed by atoms with E-state index in [1.165, 1.54) is 5.39 Å². The highest BCUT2D eigenvalue weighted by Crippen LogP contribution is 2.24. The van der Waals surface area contributed by atoms with Crippen LogP contribution in [-0.2, 0) is 0 Å². The maximum atomic E-state index is 6.02. The summed E-state index contributed by atoms with van der Waals surface area (Å²) in [7, 11) is 0. The van der Waals surface area contributed by atoms with Crippen molar-refractivity contribution in [3.8, 4) is 0 Å². The lowest BCUT2D eigenvalue weighted by molar-refractivity contribution is 1.17.